The van der Waals surface area contributed by atoms with Crippen molar-refractivity contribution in [3.63, 3.8) is 0 Å². The number of ether oxygens (including phenoxy) is 1. The summed E-state index contributed by atoms with van der Waals surface area (Å²) in [6.07, 6.45) is 0.708. The number of methoxy groups -OCH3 is 1. The average Bonchev–Trinajstić information content (AvgIpc) is 3.30. The molecule has 3 aromatic rings. The minimum atomic E-state index is -0.630. The van der Waals surface area contributed by atoms with E-state index in [1.165, 1.54) is 35.1 Å². The molecule has 0 saturated heterocycles. The number of nitrogens with zero attached hydrogens (tertiary/aromatic N) is 2. The van der Waals surface area contributed by atoms with E-state index in [4.69, 9.17) is 27.9 Å². The highest BCUT2D eigenvalue weighted by molar-refractivity contribution is 7.10. The summed E-state index contributed by atoms with van der Waals surface area (Å²) in [5, 5.41) is 2.98. The Morgan fingerprint density at radius 3 is 2.71 bits per heavy atom. The third kappa shape index (κ3) is 5.13. The third-order valence-corrected chi connectivity index (χ3v) is 7.39. The predicted molar refractivity (Wildman–Crippen MR) is 132 cm³/mol. The van der Waals surface area contributed by atoms with Gasteiger partial charge in [-0.3, -0.25) is 9.59 Å². The highest BCUT2D eigenvalue weighted by atomic mass is 35.5. The van der Waals surface area contributed by atoms with Crippen molar-refractivity contribution in [2.45, 2.75) is 12.5 Å². The molecule has 178 valence electrons. The molecule has 1 atom stereocenters. The smallest absolute Gasteiger partial charge is 0.257 e. The number of thiophene rings is 1. The van der Waals surface area contributed by atoms with Crippen molar-refractivity contribution in [2.75, 3.05) is 33.4 Å². The van der Waals surface area contributed by atoms with Crippen LogP contribution in [0.3, 0.4) is 0 Å². The van der Waals surface area contributed by atoms with Gasteiger partial charge in [0, 0.05) is 35.1 Å². The maximum Gasteiger partial charge on any atom is 0.257 e. The van der Waals surface area contributed by atoms with E-state index in [0.717, 1.165) is 11.1 Å². The first-order valence-corrected chi connectivity index (χ1v) is 12.4. The van der Waals surface area contributed by atoms with Crippen LogP contribution in [-0.2, 0) is 16.0 Å². The molecule has 0 fully saturated rings. The number of benzene rings is 2. The van der Waals surface area contributed by atoms with Gasteiger partial charge in [-0.1, -0.05) is 41.4 Å². The van der Waals surface area contributed by atoms with Crippen molar-refractivity contribution in [2.24, 2.45) is 0 Å². The molecule has 1 aliphatic rings. The second-order valence-corrected chi connectivity index (χ2v) is 9.75. The van der Waals surface area contributed by atoms with Crippen LogP contribution in [0, 0.1) is 5.82 Å². The van der Waals surface area contributed by atoms with E-state index >= 15 is 0 Å². The van der Waals surface area contributed by atoms with Crippen molar-refractivity contribution in [3.8, 4) is 0 Å². The Kier molecular flexibility index (Phi) is 7.88. The van der Waals surface area contributed by atoms with E-state index in [0.29, 0.717) is 23.0 Å². The molecule has 9 heteroatoms. The van der Waals surface area contributed by atoms with Crippen molar-refractivity contribution in [1.29, 1.82) is 0 Å². The van der Waals surface area contributed by atoms with Gasteiger partial charge in [0.25, 0.3) is 5.91 Å². The Labute approximate surface area is 211 Å². The van der Waals surface area contributed by atoms with Crippen molar-refractivity contribution >= 4 is 46.4 Å². The number of halogens is 3. The van der Waals surface area contributed by atoms with E-state index < -0.39 is 17.8 Å². The summed E-state index contributed by atoms with van der Waals surface area (Å²) in [7, 11) is 1.51. The average molecular weight is 521 g/mol. The maximum absolute atomic E-state index is 14.3. The van der Waals surface area contributed by atoms with E-state index in [2.05, 4.69) is 0 Å². The molecule has 1 aromatic heterocycles. The molecule has 0 radical (unpaired) electrons. The van der Waals surface area contributed by atoms with Crippen LogP contribution in [0.5, 0.6) is 0 Å². The number of hydrogen-bond acceptors (Lipinski definition) is 4. The van der Waals surface area contributed by atoms with Crippen molar-refractivity contribution < 1.29 is 18.7 Å². The van der Waals surface area contributed by atoms with Gasteiger partial charge in [-0.2, -0.15) is 0 Å². The van der Waals surface area contributed by atoms with Crippen LogP contribution in [0.2, 0.25) is 10.0 Å². The summed E-state index contributed by atoms with van der Waals surface area (Å²) in [4.78, 5) is 31.0. The van der Waals surface area contributed by atoms with E-state index in [1.807, 2.05) is 17.5 Å². The third-order valence-electron chi connectivity index (χ3n) is 5.83. The van der Waals surface area contributed by atoms with Gasteiger partial charge < -0.3 is 14.5 Å². The van der Waals surface area contributed by atoms with Gasteiger partial charge >= 0.3 is 0 Å². The lowest BCUT2D eigenvalue weighted by Gasteiger charge is -2.38. The molecule has 0 aliphatic carbocycles. The predicted octanol–water partition coefficient (Wildman–Crippen LogP) is 5.46. The molecule has 2 aromatic carbocycles. The van der Waals surface area contributed by atoms with E-state index in [1.54, 1.807) is 34.4 Å². The van der Waals surface area contributed by atoms with Gasteiger partial charge in [-0.15, -0.1) is 11.3 Å². The van der Waals surface area contributed by atoms with Crippen LogP contribution in [-0.4, -0.2) is 55.0 Å². The van der Waals surface area contributed by atoms with Crippen molar-refractivity contribution in [3.05, 3.63) is 91.3 Å². The molecule has 0 saturated carbocycles. The molecule has 1 aliphatic heterocycles. The lowest BCUT2D eigenvalue weighted by atomic mass is 9.93. The summed E-state index contributed by atoms with van der Waals surface area (Å²) in [6.45, 7) is 0.633. The monoisotopic (exact) mass is 520 g/mol. The first kappa shape index (κ1) is 24.7. The highest BCUT2D eigenvalue weighted by Gasteiger charge is 2.35. The second kappa shape index (κ2) is 10.9. The minimum Gasteiger partial charge on any atom is -0.383 e. The number of rotatable bonds is 7. The molecule has 5 nitrogen and oxygen atoms in total. The molecule has 2 heterocycles. The summed E-state index contributed by atoms with van der Waals surface area (Å²) < 4.78 is 19.4. The molecule has 0 N–H and O–H groups in total. The highest BCUT2D eigenvalue weighted by Crippen LogP contribution is 2.41. The summed E-state index contributed by atoms with van der Waals surface area (Å²) in [5.74, 6) is -1.44. The minimum absolute atomic E-state index is 0.0811. The fourth-order valence-electron chi connectivity index (χ4n) is 4.16. The summed E-state index contributed by atoms with van der Waals surface area (Å²) in [5.41, 5.74) is 1.70. The van der Waals surface area contributed by atoms with E-state index in [9.17, 15) is 14.0 Å². The van der Waals surface area contributed by atoms with Crippen LogP contribution in [0.4, 0.5) is 4.39 Å². The first-order chi connectivity index (χ1) is 16.4. The van der Waals surface area contributed by atoms with Crippen LogP contribution in [0.25, 0.3) is 0 Å². The molecule has 2 amide bonds. The van der Waals surface area contributed by atoms with E-state index in [-0.39, 0.29) is 31.2 Å². The van der Waals surface area contributed by atoms with Crippen molar-refractivity contribution in [1.82, 2.24) is 9.80 Å². The van der Waals surface area contributed by atoms with Gasteiger partial charge in [0.1, 0.15) is 12.4 Å². The van der Waals surface area contributed by atoms with Crippen LogP contribution >= 0.6 is 34.5 Å². The molecule has 34 heavy (non-hydrogen) atoms. The molecular formula is C25H23Cl2FN2O3S. The normalized spacial score (nSPS) is 15.2. The standard InChI is InChI=1S/C25H23Cl2FN2O3S/c1-33-12-11-29(25(32)18-4-2-3-5-21(18)28)15-23(31)30-10-8-22-19(9-13-34-22)24(30)17-7-6-16(26)14-20(17)27/h2-7,9,13-14,24H,8,10-12,15H2,1H3. The van der Waals surface area contributed by atoms with Gasteiger partial charge in [-0.05, 0) is 53.3 Å². The number of carbonyl (C=O) groups is 2. The molecule has 1 unspecified atom stereocenters. The topological polar surface area (TPSA) is 49.9 Å². The molecular weight excluding hydrogens is 498 g/mol. The van der Waals surface area contributed by atoms with Gasteiger partial charge in [0.15, 0.2) is 0 Å². The maximum atomic E-state index is 14.3. The van der Waals surface area contributed by atoms with Crippen LogP contribution in [0.1, 0.15) is 32.4 Å². The van der Waals surface area contributed by atoms with Gasteiger partial charge in [-0.25, -0.2) is 4.39 Å². The van der Waals surface area contributed by atoms with Gasteiger partial charge in [0.05, 0.1) is 18.2 Å². The molecule has 0 bridgehead atoms. The zero-order valence-electron chi connectivity index (χ0n) is 18.5. The lowest BCUT2D eigenvalue weighted by molar-refractivity contribution is -0.134. The van der Waals surface area contributed by atoms with Crippen LogP contribution in [0.15, 0.2) is 53.9 Å². The number of hydrogen-bond donors (Lipinski definition) is 0. The fraction of sp³-hybridized carbons (Fsp3) is 0.280. The second-order valence-electron chi connectivity index (χ2n) is 7.90. The Morgan fingerprint density at radius 1 is 1.18 bits per heavy atom. The summed E-state index contributed by atoms with van der Waals surface area (Å²) in [6, 6.07) is 12.6. The lowest BCUT2D eigenvalue weighted by Crippen LogP contribution is -2.47. The number of amides is 2. The molecule has 4 rings (SSSR count). The Morgan fingerprint density at radius 2 is 1.97 bits per heavy atom. The first-order valence-electron chi connectivity index (χ1n) is 10.7. The van der Waals surface area contributed by atoms with Gasteiger partial charge in [0.2, 0.25) is 5.91 Å². The Bertz CT molecular complexity index is 1200. The zero-order chi connectivity index (χ0) is 24.2. The molecule has 0 spiro atoms. The number of carbonyl (C=O) groups excluding carboxylic acids is 2. The Hall–Kier alpha value is -2.45. The quantitative estimate of drug-likeness (QED) is 0.415. The zero-order valence-corrected chi connectivity index (χ0v) is 20.8. The SMILES string of the molecule is COCCN(CC(=O)N1CCc2sccc2C1c1ccc(Cl)cc1Cl)C(=O)c1ccccc1F. The largest absolute Gasteiger partial charge is 0.383 e. The summed E-state index contributed by atoms with van der Waals surface area (Å²) >= 11 is 14.3. The van der Waals surface area contributed by atoms with Crippen LogP contribution < -0.4 is 0 Å². The number of fused-ring (bicyclic) bond motifs is 1. The Balaban J connectivity index is 1.65. The fourth-order valence-corrected chi connectivity index (χ4v) is 5.57.